The maximum absolute atomic E-state index is 3.29. The van der Waals surface area contributed by atoms with Crippen LogP contribution in [0.15, 0.2) is 0 Å². The molecular formula is C11H24N4. The Morgan fingerprint density at radius 1 is 1.07 bits per heavy atom. The van der Waals surface area contributed by atoms with Gasteiger partial charge in [0.05, 0.1) is 0 Å². The summed E-state index contributed by atoms with van der Waals surface area (Å²) >= 11 is 0. The van der Waals surface area contributed by atoms with E-state index in [0.29, 0.717) is 0 Å². The highest BCUT2D eigenvalue weighted by Crippen LogP contribution is 2.18. The molecule has 1 atom stereocenters. The number of hydrogen-bond acceptors (Lipinski definition) is 4. The average molecular weight is 212 g/mol. The molecule has 2 fully saturated rings. The Morgan fingerprint density at radius 3 is 2.47 bits per heavy atom. The second-order valence-corrected chi connectivity index (χ2v) is 4.88. The fraction of sp³-hybridized carbons (Fsp3) is 1.00. The molecule has 0 saturated carbocycles. The molecule has 88 valence electrons. The first kappa shape index (κ1) is 11.3. The Kier molecular flexibility index (Phi) is 3.97. The van der Waals surface area contributed by atoms with Crippen molar-refractivity contribution in [3.05, 3.63) is 0 Å². The summed E-state index contributed by atoms with van der Waals surface area (Å²) < 4.78 is 0. The summed E-state index contributed by atoms with van der Waals surface area (Å²) in [6.45, 7) is 8.54. The van der Waals surface area contributed by atoms with E-state index in [2.05, 4.69) is 34.3 Å². The van der Waals surface area contributed by atoms with E-state index in [0.717, 1.165) is 5.92 Å². The molecule has 0 aromatic heterocycles. The Bertz CT molecular complexity index is 189. The van der Waals surface area contributed by atoms with Crippen molar-refractivity contribution in [2.24, 2.45) is 5.92 Å². The van der Waals surface area contributed by atoms with E-state index in [1.165, 1.54) is 52.2 Å². The van der Waals surface area contributed by atoms with Gasteiger partial charge in [-0.15, -0.1) is 0 Å². The third-order valence-corrected chi connectivity index (χ3v) is 3.64. The number of nitrogens with one attached hydrogen (secondary N) is 1. The third kappa shape index (κ3) is 2.91. The molecule has 0 aliphatic carbocycles. The van der Waals surface area contributed by atoms with Crippen LogP contribution in [-0.2, 0) is 0 Å². The van der Waals surface area contributed by atoms with Gasteiger partial charge in [-0.3, -0.25) is 0 Å². The minimum Gasteiger partial charge on any atom is -0.319 e. The molecule has 2 rings (SSSR count). The van der Waals surface area contributed by atoms with Gasteiger partial charge in [0.25, 0.3) is 0 Å². The lowest BCUT2D eigenvalue weighted by Gasteiger charge is -2.38. The highest BCUT2D eigenvalue weighted by Gasteiger charge is 2.27. The van der Waals surface area contributed by atoms with Gasteiger partial charge in [-0.05, 0) is 33.0 Å². The molecular weight excluding hydrogens is 188 g/mol. The van der Waals surface area contributed by atoms with Gasteiger partial charge in [0.2, 0.25) is 0 Å². The maximum Gasteiger partial charge on any atom is 0.0261 e. The van der Waals surface area contributed by atoms with Crippen LogP contribution in [0.4, 0.5) is 0 Å². The van der Waals surface area contributed by atoms with Crippen molar-refractivity contribution in [3.63, 3.8) is 0 Å². The molecule has 0 bridgehead atoms. The number of hydrazine groups is 1. The summed E-state index contributed by atoms with van der Waals surface area (Å²) in [5.74, 6) is 0.856. The van der Waals surface area contributed by atoms with Crippen LogP contribution in [0.3, 0.4) is 0 Å². The monoisotopic (exact) mass is 212 g/mol. The molecule has 1 N–H and O–H groups in total. The van der Waals surface area contributed by atoms with Gasteiger partial charge in [0, 0.05) is 39.3 Å². The third-order valence-electron chi connectivity index (χ3n) is 3.64. The van der Waals surface area contributed by atoms with Crippen LogP contribution < -0.4 is 5.32 Å². The van der Waals surface area contributed by atoms with E-state index in [-0.39, 0.29) is 0 Å². The predicted octanol–water partition coefficient (Wildman–Crippen LogP) is -0.310. The van der Waals surface area contributed by atoms with Crippen LogP contribution in [0.1, 0.15) is 6.42 Å². The topological polar surface area (TPSA) is 21.8 Å². The summed E-state index contributed by atoms with van der Waals surface area (Å²) in [5.41, 5.74) is 0. The Balaban J connectivity index is 1.75. The second kappa shape index (κ2) is 5.25. The van der Waals surface area contributed by atoms with E-state index >= 15 is 0 Å². The molecule has 0 aromatic carbocycles. The smallest absolute Gasteiger partial charge is 0.0261 e. The van der Waals surface area contributed by atoms with Gasteiger partial charge in [-0.1, -0.05) is 0 Å². The number of rotatable bonds is 3. The second-order valence-electron chi connectivity index (χ2n) is 4.88. The maximum atomic E-state index is 3.29. The normalized spacial score (nSPS) is 31.2. The first-order chi connectivity index (χ1) is 7.29. The molecule has 0 amide bonds. The Hall–Kier alpha value is -0.160. The summed E-state index contributed by atoms with van der Waals surface area (Å²) in [6, 6.07) is 0. The number of likely N-dealkylation sites (N-methyl/N-ethyl adjacent to an activating group) is 1. The molecule has 4 nitrogen and oxygen atoms in total. The quantitative estimate of drug-likeness (QED) is 0.693. The lowest BCUT2D eigenvalue weighted by atomic mass is 10.1. The molecule has 1 unspecified atom stereocenters. The Labute approximate surface area is 93.2 Å². The highest BCUT2D eigenvalue weighted by molar-refractivity contribution is 4.78. The van der Waals surface area contributed by atoms with Crippen LogP contribution in [0.2, 0.25) is 0 Å². The van der Waals surface area contributed by atoms with Gasteiger partial charge in [0.1, 0.15) is 0 Å². The van der Waals surface area contributed by atoms with Crippen molar-refractivity contribution in [2.45, 2.75) is 6.42 Å². The number of hydrogen-bond donors (Lipinski definition) is 1. The van der Waals surface area contributed by atoms with E-state index in [9.17, 15) is 0 Å². The number of nitrogens with zero attached hydrogens (tertiary/aromatic N) is 3. The molecule has 2 aliphatic rings. The first-order valence-corrected chi connectivity index (χ1v) is 6.12. The lowest BCUT2D eigenvalue weighted by Crippen LogP contribution is -2.52. The van der Waals surface area contributed by atoms with Gasteiger partial charge in [-0.2, -0.15) is 0 Å². The van der Waals surface area contributed by atoms with Gasteiger partial charge in [0.15, 0.2) is 0 Å². The zero-order valence-electron chi connectivity index (χ0n) is 10.1. The average Bonchev–Trinajstić information content (AvgIpc) is 2.68. The zero-order chi connectivity index (χ0) is 10.7. The van der Waals surface area contributed by atoms with Crippen molar-refractivity contribution < 1.29 is 0 Å². The van der Waals surface area contributed by atoms with Crippen molar-refractivity contribution in [1.29, 1.82) is 0 Å². The van der Waals surface area contributed by atoms with Gasteiger partial charge >= 0.3 is 0 Å². The van der Waals surface area contributed by atoms with Gasteiger partial charge in [-0.25, -0.2) is 10.0 Å². The molecule has 15 heavy (non-hydrogen) atoms. The molecule has 4 heteroatoms. The number of piperazine rings is 1. The Morgan fingerprint density at radius 2 is 1.80 bits per heavy atom. The lowest BCUT2D eigenvalue weighted by molar-refractivity contribution is -0.0381. The minimum absolute atomic E-state index is 0.856. The molecule has 2 heterocycles. The largest absolute Gasteiger partial charge is 0.319 e. The first-order valence-electron chi connectivity index (χ1n) is 6.12. The molecule has 0 radical (unpaired) electrons. The molecule has 0 aromatic rings. The fourth-order valence-electron chi connectivity index (χ4n) is 2.60. The van der Waals surface area contributed by atoms with Crippen LogP contribution in [0.5, 0.6) is 0 Å². The molecule has 2 saturated heterocycles. The van der Waals surface area contributed by atoms with E-state index < -0.39 is 0 Å². The van der Waals surface area contributed by atoms with Crippen molar-refractivity contribution >= 4 is 0 Å². The molecule has 2 aliphatic heterocycles. The van der Waals surface area contributed by atoms with Crippen molar-refractivity contribution in [3.8, 4) is 0 Å². The zero-order valence-corrected chi connectivity index (χ0v) is 10.1. The van der Waals surface area contributed by atoms with Crippen molar-refractivity contribution in [1.82, 2.24) is 20.2 Å². The van der Waals surface area contributed by atoms with E-state index in [4.69, 9.17) is 0 Å². The molecule has 0 spiro atoms. The summed E-state index contributed by atoms with van der Waals surface area (Å²) in [4.78, 5) is 2.41. The highest BCUT2D eigenvalue weighted by atomic mass is 15.6. The van der Waals surface area contributed by atoms with Gasteiger partial charge < -0.3 is 10.2 Å². The van der Waals surface area contributed by atoms with Crippen molar-refractivity contribution in [2.75, 3.05) is 59.9 Å². The summed E-state index contributed by atoms with van der Waals surface area (Å²) in [5, 5.41) is 8.40. The summed E-state index contributed by atoms with van der Waals surface area (Å²) in [6.07, 6.45) is 1.35. The predicted molar refractivity (Wildman–Crippen MR) is 62.7 cm³/mol. The van der Waals surface area contributed by atoms with Crippen LogP contribution in [-0.4, -0.2) is 74.8 Å². The van der Waals surface area contributed by atoms with E-state index in [1.807, 2.05) is 0 Å². The van der Waals surface area contributed by atoms with Crippen LogP contribution >= 0.6 is 0 Å². The SMILES string of the molecule is CNCC1CCN(N2CCN(C)CC2)C1. The standard InChI is InChI=1S/C11H24N4/c1-12-9-11-3-4-15(10-11)14-7-5-13(2)6-8-14/h11-12H,3-10H2,1-2H3. The van der Waals surface area contributed by atoms with Crippen LogP contribution in [0, 0.1) is 5.92 Å². The van der Waals surface area contributed by atoms with Crippen LogP contribution in [0.25, 0.3) is 0 Å². The van der Waals surface area contributed by atoms with E-state index in [1.54, 1.807) is 0 Å². The fourth-order valence-corrected chi connectivity index (χ4v) is 2.60. The minimum atomic E-state index is 0.856. The summed E-state index contributed by atoms with van der Waals surface area (Å²) in [7, 11) is 4.27.